The Morgan fingerprint density at radius 1 is 1.22 bits per heavy atom. The molecule has 140 valence electrons. The van der Waals surface area contributed by atoms with Crippen molar-refractivity contribution in [2.45, 2.75) is 25.6 Å². The molecule has 1 N–H and O–H groups in total. The fourth-order valence-electron chi connectivity index (χ4n) is 3.57. The highest BCUT2D eigenvalue weighted by Crippen LogP contribution is 2.24. The van der Waals surface area contributed by atoms with Crippen molar-refractivity contribution < 1.29 is 4.79 Å². The highest BCUT2D eigenvalue weighted by molar-refractivity contribution is 5.93. The third kappa shape index (κ3) is 4.06. The van der Waals surface area contributed by atoms with Crippen molar-refractivity contribution in [3.63, 3.8) is 0 Å². The first-order chi connectivity index (χ1) is 13.2. The van der Waals surface area contributed by atoms with Crippen molar-refractivity contribution >= 4 is 5.91 Å². The first-order valence-electron chi connectivity index (χ1n) is 9.09. The number of nitrogens with zero attached hydrogens (tertiary/aromatic N) is 6. The predicted octanol–water partition coefficient (Wildman–Crippen LogP) is 1.39. The normalized spacial score (nSPS) is 16.9. The van der Waals surface area contributed by atoms with Crippen LogP contribution in [0.5, 0.6) is 0 Å². The number of aromatic nitrogens is 5. The monoisotopic (exact) mass is 365 g/mol. The summed E-state index contributed by atoms with van der Waals surface area (Å²) in [7, 11) is 1.93. The number of hydrogen-bond donors (Lipinski definition) is 1. The van der Waals surface area contributed by atoms with E-state index >= 15 is 0 Å². The molecule has 0 fully saturated rings. The molecule has 1 aliphatic heterocycles. The molecule has 0 radical (unpaired) electrons. The van der Waals surface area contributed by atoms with E-state index in [1.807, 2.05) is 24.1 Å². The zero-order valence-electron chi connectivity index (χ0n) is 15.3. The Labute approximate surface area is 157 Å². The van der Waals surface area contributed by atoms with E-state index in [2.05, 4.69) is 42.3 Å². The minimum atomic E-state index is -0.0684. The molecule has 8 nitrogen and oxygen atoms in total. The number of fused-ring (bicyclic) bond motifs is 1. The van der Waals surface area contributed by atoms with Crippen LogP contribution in [-0.2, 0) is 20.1 Å². The molecule has 0 unspecified atom stereocenters. The van der Waals surface area contributed by atoms with E-state index in [-0.39, 0.29) is 11.9 Å². The van der Waals surface area contributed by atoms with Crippen molar-refractivity contribution in [3.8, 4) is 0 Å². The number of aryl methyl sites for hydroxylation is 1. The number of carbonyl (C=O) groups is 1. The third-order valence-electron chi connectivity index (χ3n) is 4.82. The molecule has 0 aromatic carbocycles. The highest BCUT2D eigenvalue weighted by atomic mass is 16.1. The molecule has 0 bridgehead atoms. The van der Waals surface area contributed by atoms with Gasteiger partial charge in [0.25, 0.3) is 5.91 Å². The number of nitrogens with one attached hydrogen (secondary N) is 1. The Hall–Kier alpha value is -3.00. The second-order valence-electron chi connectivity index (χ2n) is 6.89. The number of rotatable bonds is 6. The van der Waals surface area contributed by atoms with Crippen molar-refractivity contribution in [2.24, 2.45) is 7.05 Å². The molecule has 1 aliphatic rings. The molecular weight excluding hydrogens is 342 g/mol. The lowest BCUT2D eigenvalue weighted by Crippen LogP contribution is -2.38. The van der Waals surface area contributed by atoms with Gasteiger partial charge < -0.3 is 5.32 Å². The van der Waals surface area contributed by atoms with Crippen LogP contribution in [0.3, 0.4) is 0 Å². The largest absolute Gasteiger partial charge is 0.352 e. The molecule has 1 atom stereocenters. The van der Waals surface area contributed by atoms with E-state index < -0.39 is 0 Å². The molecular formula is C19H23N7O. The topological polar surface area (TPSA) is 80.9 Å². The number of pyridine rings is 1. The van der Waals surface area contributed by atoms with E-state index in [4.69, 9.17) is 0 Å². The first-order valence-corrected chi connectivity index (χ1v) is 9.09. The maximum Gasteiger partial charge on any atom is 0.251 e. The lowest BCUT2D eigenvalue weighted by Gasteiger charge is -2.33. The van der Waals surface area contributed by atoms with Gasteiger partial charge in [-0.3, -0.25) is 24.0 Å². The van der Waals surface area contributed by atoms with Gasteiger partial charge in [0, 0.05) is 69.1 Å². The molecule has 8 heteroatoms. The lowest BCUT2D eigenvalue weighted by atomic mass is 10.1. The van der Waals surface area contributed by atoms with Gasteiger partial charge in [-0.05, 0) is 24.6 Å². The predicted molar refractivity (Wildman–Crippen MR) is 99.8 cm³/mol. The first kappa shape index (κ1) is 17.4. The summed E-state index contributed by atoms with van der Waals surface area (Å²) in [5.74, 6) is -0.0684. The molecule has 3 aromatic heterocycles. The summed E-state index contributed by atoms with van der Waals surface area (Å²) in [4.78, 5) is 18.6. The van der Waals surface area contributed by atoms with Crippen molar-refractivity contribution in [1.82, 2.24) is 34.8 Å². The molecule has 1 amide bonds. The van der Waals surface area contributed by atoms with Crippen LogP contribution >= 0.6 is 0 Å². The van der Waals surface area contributed by atoms with E-state index in [0.29, 0.717) is 12.1 Å². The average Bonchev–Trinajstić information content (AvgIpc) is 3.31. The Morgan fingerprint density at radius 2 is 2.07 bits per heavy atom. The maximum atomic E-state index is 12.2. The molecule has 0 saturated carbocycles. The molecule has 0 aliphatic carbocycles. The van der Waals surface area contributed by atoms with Crippen LogP contribution in [0, 0.1) is 0 Å². The van der Waals surface area contributed by atoms with Crippen LogP contribution in [0.15, 0.2) is 49.2 Å². The third-order valence-corrected chi connectivity index (χ3v) is 4.82. The van der Waals surface area contributed by atoms with Crippen molar-refractivity contribution in [2.75, 3.05) is 13.1 Å². The zero-order valence-corrected chi connectivity index (χ0v) is 15.3. The van der Waals surface area contributed by atoms with Crippen LogP contribution in [0.4, 0.5) is 0 Å². The van der Waals surface area contributed by atoms with Gasteiger partial charge >= 0.3 is 0 Å². The zero-order chi connectivity index (χ0) is 18.6. The van der Waals surface area contributed by atoms with Gasteiger partial charge in [-0.25, -0.2) is 0 Å². The summed E-state index contributed by atoms with van der Waals surface area (Å²) in [5.41, 5.74) is 3.04. The summed E-state index contributed by atoms with van der Waals surface area (Å²) in [6.07, 6.45) is 9.90. The van der Waals surface area contributed by atoms with Crippen LogP contribution in [0.1, 0.15) is 34.1 Å². The van der Waals surface area contributed by atoms with Crippen LogP contribution in [0.2, 0.25) is 0 Å². The minimum Gasteiger partial charge on any atom is -0.352 e. The van der Waals surface area contributed by atoms with Gasteiger partial charge in [-0.15, -0.1) is 0 Å². The van der Waals surface area contributed by atoms with E-state index in [9.17, 15) is 4.79 Å². The van der Waals surface area contributed by atoms with E-state index in [0.717, 1.165) is 26.1 Å². The molecule has 4 heterocycles. The van der Waals surface area contributed by atoms with Crippen molar-refractivity contribution in [1.29, 1.82) is 0 Å². The number of carbonyl (C=O) groups excluding carboxylic acids is 1. The lowest BCUT2D eigenvalue weighted by molar-refractivity contribution is 0.0947. The molecule has 0 spiro atoms. The van der Waals surface area contributed by atoms with E-state index in [1.165, 1.54) is 11.3 Å². The fourth-order valence-corrected chi connectivity index (χ4v) is 3.57. The van der Waals surface area contributed by atoms with Gasteiger partial charge in [-0.2, -0.15) is 10.2 Å². The summed E-state index contributed by atoms with van der Waals surface area (Å²) >= 11 is 0. The Kier molecular flexibility index (Phi) is 4.97. The summed E-state index contributed by atoms with van der Waals surface area (Å²) in [5, 5.41) is 11.7. The average molecular weight is 365 g/mol. The molecule has 27 heavy (non-hydrogen) atoms. The number of hydrogen-bond acceptors (Lipinski definition) is 5. The molecule has 0 saturated heterocycles. The van der Waals surface area contributed by atoms with Crippen LogP contribution in [-0.4, -0.2) is 48.4 Å². The molecule has 4 rings (SSSR count). The van der Waals surface area contributed by atoms with Crippen LogP contribution in [0.25, 0.3) is 0 Å². The smallest absolute Gasteiger partial charge is 0.251 e. The Morgan fingerprint density at radius 3 is 2.85 bits per heavy atom. The van der Waals surface area contributed by atoms with Gasteiger partial charge in [0.1, 0.15) is 0 Å². The Balaban J connectivity index is 1.37. The van der Waals surface area contributed by atoms with Gasteiger partial charge in [0.2, 0.25) is 0 Å². The minimum absolute atomic E-state index is 0.0684. The van der Waals surface area contributed by atoms with Gasteiger partial charge in [-0.1, -0.05) is 0 Å². The van der Waals surface area contributed by atoms with Gasteiger partial charge in [0.05, 0.1) is 17.9 Å². The molecule has 3 aromatic rings. The summed E-state index contributed by atoms with van der Waals surface area (Å²) in [6.45, 7) is 3.23. The van der Waals surface area contributed by atoms with E-state index in [1.54, 1.807) is 24.5 Å². The fraction of sp³-hybridized carbons (Fsp3) is 0.368. The quantitative estimate of drug-likeness (QED) is 0.714. The second-order valence-corrected chi connectivity index (χ2v) is 6.89. The van der Waals surface area contributed by atoms with Gasteiger partial charge in [0.15, 0.2) is 0 Å². The van der Waals surface area contributed by atoms with Crippen LogP contribution < -0.4 is 5.32 Å². The highest BCUT2D eigenvalue weighted by Gasteiger charge is 2.25. The Bertz CT molecular complexity index is 902. The standard InChI is InChI=1S/C19H23N7O/c1-24-11-15(10-23-24)12-25-13-17(26-18(14-25)5-9-22-26)4-8-21-19(27)16-2-6-20-7-3-16/h2-3,5-7,9-11,17H,4,8,12-14H2,1H3,(H,21,27)/t17-/m1/s1. The summed E-state index contributed by atoms with van der Waals surface area (Å²) < 4.78 is 3.92. The van der Waals surface area contributed by atoms with Crippen molar-refractivity contribution in [3.05, 3.63) is 66.0 Å². The second kappa shape index (κ2) is 7.71. The summed E-state index contributed by atoms with van der Waals surface area (Å²) in [6, 6.07) is 5.74. The maximum absolute atomic E-state index is 12.2. The number of amides is 1. The SMILES string of the molecule is Cn1cc(CN2Cc3ccnn3[C@H](CCNC(=O)c3ccncc3)C2)cn1.